The number of benzene rings is 1. The van der Waals surface area contributed by atoms with Gasteiger partial charge in [-0.15, -0.1) is 0 Å². The smallest absolute Gasteiger partial charge is 0.156 e. The van der Waals surface area contributed by atoms with E-state index >= 15 is 0 Å². The van der Waals surface area contributed by atoms with Crippen molar-refractivity contribution in [1.29, 1.82) is 0 Å². The number of halogens is 1. The SMILES string of the molecule is COc1ccc(NCCS(=O)(=O)C(C)(C)C)cc1Br. The second kappa shape index (κ2) is 6.13. The standard InChI is InChI=1S/C13H20BrNO3S/c1-13(2,3)19(16,17)8-7-15-10-5-6-12(18-4)11(14)9-10/h5-6,9,15H,7-8H2,1-4H3. The predicted molar refractivity (Wildman–Crippen MR) is 82.7 cm³/mol. The second-order valence-electron chi connectivity index (χ2n) is 5.21. The van der Waals surface area contributed by atoms with Crippen molar-refractivity contribution in [3.63, 3.8) is 0 Å². The van der Waals surface area contributed by atoms with E-state index in [9.17, 15) is 8.42 Å². The Bertz CT molecular complexity index is 535. The van der Waals surface area contributed by atoms with Crippen LogP contribution >= 0.6 is 15.9 Å². The highest BCUT2D eigenvalue weighted by atomic mass is 79.9. The molecule has 0 bridgehead atoms. The van der Waals surface area contributed by atoms with Crippen molar-refractivity contribution in [2.45, 2.75) is 25.5 Å². The van der Waals surface area contributed by atoms with Gasteiger partial charge in [0.05, 0.1) is 22.1 Å². The molecule has 1 N–H and O–H groups in total. The molecule has 4 nitrogen and oxygen atoms in total. The minimum Gasteiger partial charge on any atom is -0.496 e. The van der Waals surface area contributed by atoms with Crippen molar-refractivity contribution < 1.29 is 13.2 Å². The van der Waals surface area contributed by atoms with Crippen LogP contribution in [-0.4, -0.2) is 32.6 Å². The normalized spacial score (nSPS) is 12.3. The van der Waals surface area contributed by atoms with Crippen molar-refractivity contribution in [3.8, 4) is 5.75 Å². The number of ether oxygens (including phenoxy) is 1. The van der Waals surface area contributed by atoms with E-state index in [1.165, 1.54) is 0 Å². The molecule has 0 saturated carbocycles. The lowest BCUT2D eigenvalue weighted by atomic mass is 10.3. The molecule has 108 valence electrons. The molecule has 1 aromatic rings. The van der Waals surface area contributed by atoms with Crippen molar-refractivity contribution in [2.75, 3.05) is 24.7 Å². The summed E-state index contributed by atoms with van der Waals surface area (Å²) in [5, 5.41) is 3.10. The number of nitrogens with one attached hydrogen (secondary N) is 1. The predicted octanol–water partition coefficient (Wildman–Crippen LogP) is 3.08. The van der Waals surface area contributed by atoms with Crippen LogP contribution in [0.5, 0.6) is 5.75 Å². The first-order chi connectivity index (χ1) is 8.67. The van der Waals surface area contributed by atoms with Crippen LogP contribution < -0.4 is 10.1 Å². The minimum absolute atomic E-state index is 0.111. The van der Waals surface area contributed by atoms with Crippen molar-refractivity contribution in [3.05, 3.63) is 22.7 Å². The van der Waals surface area contributed by atoms with Gasteiger partial charge in [-0.3, -0.25) is 0 Å². The molecule has 0 spiro atoms. The number of hydrogen-bond acceptors (Lipinski definition) is 4. The summed E-state index contributed by atoms with van der Waals surface area (Å²) in [6.45, 7) is 5.53. The largest absolute Gasteiger partial charge is 0.496 e. The van der Waals surface area contributed by atoms with Gasteiger partial charge >= 0.3 is 0 Å². The molecule has 0 saturated heterocycles. The number of rotatable bonds is 5. The Hall–Kier alpha value is -0.750. The van der Waals surface area contributed by atoms with Crippen LogP contribution in [-0.2, 0) is 9.84 Å². The van der Waals surface area contributed by atoms with Gasteiger partial charge in [0.25, 0.3) is 0 Å². The summed E-state index contributed by atoms with van der Waals surface area (Å²) in [6.07, 6.45) is 0. The monoisotopic (exact) mass is 349 g/mol. The summed E-state index contributed by atoms with van der Waals surface area (Å²) < 4.78 is 29.1. The molecule has 1 rings (SSSR count). The van der Waals surface area contributed by atoms with Gasteiger partial charge in [-0.05, 0) is 54.9 Å². The van der Waals surface area contributed by atoms with E-state index in [1.807, 2.05) is 18.2 Å². The quantitative estimate of drug-likeness (QED) is 0.887. The van der Waals surface area contributed by atoms with E-state index in [4.69, 9.17) is 4.74 Å². The molecule has 0 aliphatic carbocycles. The molecule has 0 aromatic heterocycles. The maximum atomic E-state index is 11.9. The first-order valence-electron chi connectivity index (χ1n) is 5.97. The number of hydrogen-bond donors (Lipinski definition) is 1. The first kappa shape index (κ1) is 16.3. The zero-order chi connectivity index (χ0) is 14.7. The van der Waals surface area contributed by atoms with Crippen LogP contribution in [0.15, 0.2) is 22.7 Å². The average molecular weight is 350 g/mol. The van der Waals surface area contributed by atoms with Gasteiger partial charge in [0.15, 0.2) is 9.84 Å². The molecule has 0 radical (unpaired) electrons. The van der Waals surface area contributed by atoms with Crippen molar-refractivity contribution in [1.82, 2.24) is 0 Å². The van der Waals surface area contributed by atoms with Gasteiger partial charge < -0.3 is 10.1 Å². The number of methoxy groups -OCH3 is 1. The number of sulfone groups is 1. The van der Waals surface area contributed by atoms with E-state index in [-0.39, 0.29) is 5.75 Å². The third-order valence-electron chi connectivity index (χ3n) is 2.78. The van der Waals surface area contributed by atoms with E-state index in [2.05, 4.69) is 21.2 Å². The van der Waals surface area contributed by atoms with Crippen LogP contribution in [0.3, 0.4) is 0 Å². The fraction of sp³-hybridized carbons (Fsp3) is 0.538. The van der Waals surface area contributed by atoms with Crippen LogP contribution in [0.1, 0.15) is 20.8 Å². The molecule has 0 fully saturated rings. The zero-order valence-electron chi connectivity index (χ0n) is 11.7. The molecule has 6 heteroatoms. The summed E-state index contributed by atoms with van der Waals surface area (Å²) in [6, 6.07) is 5.54. The molecular formula is C13H20BrNO3S. The fourth-order valence-electron chi connectivity index (χ4n) is 1.41. The molecule has 0 atom stereocenters. The lowest BCUT2D eigenvalue weighted by Crippen LogP contribution is -2.32. The topological polar surface area (TPSA) is 55.4 Å². The minimum atomic E-state index is -3.09. The van der Waals surface area contributed by atoms with Crippen LogP contribution in [0, 0.1) is 0 Å². The molecule has 1 aromatic carbocycles. The van der Waals surface area contributed by atoms with Crippen LogP contribution in [0.4, 0.5) is 5.69 Å². The van der Waals surface area contributed by atoms with Crippen LogP contribution in [0.2, 0.25) is 0 Å². The third kappa shape index (κ3) is 4.38. The van der Waals surface area contributed by atoms with E-state index < -0.39 is 14.6 Å². The Morgan fingerprint density at radius 2 is 1.95 bits per heavy atom. The van der Waals surface area contributed by atoms with Gasteiger partial charge in [-0.25, -0.2) is 8.42 Å². The molecule has 0 aliphatic rings. The molecule has 0 amide bonds. The molecule has 0 aliphatic heterocycles. The van der Waals surface area contributed by atoms with Gasteiger partial charge in [0.1, 0.15) is 5.75 Å². The lowest BCUT2D eigenvalue weighted by Gasteiger charge is -2.19. The van der Waals surface area contributed by atoms with Crippen LogP contribution in [0.25, 0.3) is 0 Å². The van der Waals surface area contributed by atoms with Gasteiger partial charge in [-0.2, -0.15) is 0 Å². The Balaban J connectivity index is 2.62. The summed E-state index contributed by atoms with van der Waals surface area (Å²) in [5.41, 5.74) is 0.858. The highest BCUT2D eigenvalue weighted by Crippen LogP contribution is 2.27. The molecular weight excluding hydrogens is 330 g/mol. The maximum absolute atomic E-state index is 11.9. The second-order valence-corrected chi connectivity index (χ2v) is 8.92. The zero-order valence-corrected chi connectivity index (χ0v) is 14.1. The lowest BCUT2D eigenvalue weighted by molar-refractivity contribution is 0.412. The highest BCUT2D eigenvalue weighted by molar-refractivity contribution is 9.10. The maximum Gasteiger partial charge on any atom is 0.156 e. The Morgan fingerprint density at radius 1 is 1.32 bits per heavy atom. The van der Waals surface area contributed by atoms with Crippen molar-refractivity contribution in [2.24, 2.45) is 0 Å². The van der Waals surface area contributed by atoms with E-state index in [0.717, 1.165) is 15.9 Å². The average Bonchev–Trinajstić information content (AvgIpc) is 2.27. The summed E-state index contributed by atoms with van der Waals surface area (Å²) in [4.78, 5) is 0. The van der Waals surface area contributed by atoms with Gasteiger partial charge in [0.2, 0.25) is 0 Å². The summed E-state index contributed by atoms with van der Waals surface area (Å²) >= 11 is 3.39. The van der Waals surface area contributed by atoms with Gasteiger partial charge in [0, 0.05) is 12.2 Å². The van der Waals surface area contributed by atoms with E-state index in [0.29, 0.717) is 6.54 Å². The van der Waals surface area contributed by atoms with E-state index in [1.54, 1.807) is 27.9 Å². The van der Waals surface area contributed by atoms with Gasteiger partial charge in [-0.1, -0.05) is 0 Å². The Labute approximate surface area is 123 Å². The molecule has 19 heavy (non-hydrogen) atoms. The Kier molecular flexibility index (Phi) is 5.26. The van der Waals surface area contributed by atoms with Crippen molar-refractivity contribution >= 4 is 31.5 Å². The first-order valence-corrected chi connectivity index (χ1v) is 8.41. The molecule has 0 unspecified atom stereocenters. The molecule has 0 heterocycles. The summed E-state index contributed by atoms with van der Waals surface area (Å²) in [5.74, 6) is 0.855. The third-order valence-corrected chi connectivity index (χ3v) is 6.01. The summed E-state index contributed by atoms with van der Waals surface area (Å²) in [7, 11) is -1.49. The Morgan fingerprint density at radius 3 is 2.42 bits per heavy atom. The highest BCUT2D eigenvalue weighted by Gasteiger charge is 2.28. The fourth-order valence-corrected chi connectivity index (χ4v) is 2.94. The number of anilines is 1.